The van der Waals surface area contributed by atoms with Crippen molar-refractivity contribution in [3.05, 3.63) is 89.7 Å². The summed E-state index contributed by atoms with van der Waals surface area (Å²) in [4.78, 5) is 18.4. The molecule has 1 aliphatic carbocycles. The average Bonchev–Trinajstić information content (AvgIpc) is 3.45. The van der Waals surface area contributed by atoms with Gasteiger partial charge in [-0.3, -0.25) is 9.78 Å². The van der Waals surface area contributed by atoms with E-state index in [4.69, 9.17) is 4.74 Å². The maximum Gasteiger partial charge on any atom is 0.293 e. The van der Waals surface area contributed by atoms with Crippen LogP contribution in [0.15, 0.2) is 73.1 Å². The molecule has 2 atom stereocenters. The Morgan fingerprint density at radius 3 is 2.25 bits per heavy atom. The van der Waals surface area contributed by atoms with E-state index in [1.807, 2.05) is 60.8 Å². The van der Waals surface area contributed by atoms with Crippen LogP contribution in [-0.4, -0.2) is 47.2 Å². The molecule has 164 valence electrons. The number of ether oxygens (including phenoxy) is 1. The zero-order chi connectivity index (χ0) is 22.0. The topological polar surface area (TPSA) is 62.7 Å². The van der Waals surface area contributed by atoms with Gasteiger partial charge in [0.2, 0.25) is 0 Å². The second kappa shape index (κ2) is 8.85. The van der Waals surface area contributed by atoms with Gasteiger partial charge in [0.25, 0.3) is 6.47 Å². The number of rotatable bonds is 8. The maximum atomic E-state index is 12.2. The second-order valence-corrected chi connectivity index (χ2v) is 8.81. The fourth-order valence-corrected chi connectivity index (χ4v) is 5.45. The predicted molar refractivity (Wildman–Crippen MR) is 123 cm³/mol. The lowest BCUT2D eigenvalue weighted by molar-refractivity contribution is -0.147. The standard InChI is InChI=1S/C27H28N2O3/c30-19-32-26(16-21(18-29-14-5-6-15-29)20-8-7-13-28-17-20)27(31)24-11-3-1-9-22(24)23-10-2-4-12-25(23)27/h1-4,7-13,17,19,21,26,31H,5-6,14-16,18H2/t21-,26?/m0/s1. The lowest BCUT2D eigenvalue weighted by Crippen LogP contribution is -2.43. The van der Waals surface area contributed by atoms with Crippen LogP contribution in [0, 0.1) is 0 Å². The molecule has 1 fully saturated rings. The molecular formula is C27H28N2O3. The van der Waals surface area contributed by atoms with E-state index in [0.29, 0.717) is 12.9 Å². The molecule has 2 aliphatic rings. The number of pyridine rings is 1. The highest BCUT2D eigenvalue weighted by Crippen LogP contribution is 2.51. The first kappa shape index (κ1) is 20.9. The minimum atomic E-state index is -1.40. The maximum absolute atomic E-state index is 12.2. The highest BCUT2D eigenvalue weighted by atomic mass is 16.5. The van der Waals surface area contributed by atoms with Crippen molar-refractivity contribution >= 4 is 6.47 Å². The van der Waals surface area contributed by atoms with E-state index in [9.17, 15) is 9.90 Å². The number of carbonyl (C=O) groups is 1. The molecule has 1 saturated heterocycles. The number of likely N-dealkylation sites (tertiary alicyclic amines) is 1. The van der Waals surface area contributed by atoms with Gasteiger partial charge in [0.05, 0.1) is 0 Å². The molecule has 5 rings (SSSR count). The quantitative estimate of drug-likeness (QED) is 0.547. The Bertz CT molecular complexity index is 1030. The zero-order valence-electron chi connectivity index (χ0n) is 18.1. The summed E-state index contributed by atoms with van der Waals surface area (Å²) in [6.45, 7) is 3.48. The number of benzene rings is 2. The monoisotopic (exact) mass is 428 g/mol. The van der Waals surface area contributed by atoms with Gasteiger partial charge < -0.3 is 14.7 Å². The smallest absolute Gasteiger partial charge is 0.293 e. The Hall–Kier alpha value is -3.02. The van der Waals surface area contributed by atoms with Crippen LogP contribution in [-0.2, 0) is 15.1 Å². The number of aliphatic hydroxyl groups is 1. The first-order valence-corrected chi connectivity index (χ1v) is 11.3. The van der Waals surface area contributed by atoms with Crippen molar-refractivity contribution in [2.24, 2.45) is 0 Å². The van der Waals surface area contributed by atoms with E-state index in [2.05, 4.69) is 16.0 Å². The minimum absolute atomic E-state index is 0.0794. The van der Waals surface area contributed by atoms with Crippen LogP contribution in [0.1, 0.15) is 41.9 Å². The van der Waals surface area contributed by atoms with Crippen molar-refractivity contribution in [3.8, 4) is 11.1 Å². The van der Waals surface area contributed by atoms with Crippen LogP contribution in [0.25, 0.3) is 11.1 Å². The van der Waals surface area contributed by atoms with Gasteiger partial charge in [-0.1, -0.05) is 54.6 Å². The van der Waals surface area contributed by atoms with Gasteiger partial charge in [0.15, 0.2) is 5.60 Å². The Kier molecular flexibility index (Phi) is 5.77. The first-order chi connectivity index (χ1) is 15.7. The lowest BCUT2D eigenvalue weighted by atomic mass is 9.80. The summed E-state index contributed by atoms with van der Waals surface area (Å²) in [5, 5.41) is 12.2. The minimum Gasteiger partial charge on any atom is -0.461 e. The molecule has 2 heterocycles. The van der Waals surface area contributed by atoms with Crippen molar-refractivity contribution in [3.63, 3.8) is 0 Å². The predicted octanol–water partition coefficient (Wildman–Crippen LogP) is 4.11. The fourth-order valence-electron chi connectivity index (χ4n) is 5.45. The fraction of sp³-hybridized carbons (Fsp3) is 0.333. The summed E-state index contributed by atoms with van der Waals surface area (Å²) in [7, 11) is 0. The molecule has 1 unspecified atom stereocenters. The molecule has 0 amide bonds. The molecule has 0 spiro atoms. The molecule has 1 aliphatic heterocycles. The third-order valence-electron chi connectivity index (χ3n) is 6.98. The Morgan fingerprint density at radius 1 is 1.00 bits per heavy atom. The van der Waals surface area contributed by atoms with Crippen LogP contribution >= 0.6 is 0 Å². The highest BCUT2D eigenvalue weighted by molar-refractivity contribution is 5.80. The summed E-state index contributed by atoms with van der Waals surface area (Å²) in [5.74, 6) is 0.0794. The lowest BCUT2D eigenvalue weighted by Gasteiger charge is -2.36. The molecule has 3 aromatic rings. The molecule has 1 N–H and O–H groups in total. The van der Waals surface area contributed by atoms with Gasteiger partial charge in [0.1, 0.15) is 6.10 Å². The molecule has 0 radical (unpaired) electrons. The molecule has 1 aromatic heterocycles. The zero-order valence-corrected chi connectivity index (χ0v) is 18.1. The van der Waals surface area contributed by atoms with Crippen LogP contribution in [0.3, 0.4) is 0 Å². The summed E-state index contributed by atoms with van der Waals surface area (Å²) in [6, 6.07) is 19.7. The molecule has 0 bridgehead atoms. The van der Waals surface area contributed by atoms with E-state index in [-0.39, 0.29) is 5.92 Å². The van der Waals surface area contributed by atoms with Crippen molar-refractivity contribution < 1.29 is 14.6 Å². The molecule has 5 nitrogen and oxygen atoms in total. The first-order valence-electron chi connectivity index (χ1n) is 11.3. The van der Waals surface area contributed by atoms with Gasteiger partial charge in [-0.05, 0) is 66.2 Å². The normalized spacial score (nSPS) is 18.5. The number of hydrogen-bond acceptors (Lipinski definition) is 5. The Labute approximate surface area is 188 Å². The molecule has 0 saturated carbocycles. The van der Waals surface area contributed by atoms with Crippen LogP contribution in [0.2, 0.25) is 0 Å². The Balaban J connectivity index is 1.55. The van der Waals surface area contributed by atoms with E-state index < -0.39 is 11.7 Å². The van der Waals surface area contributed by atoms with Crippen molar-refractivity contribution in [1.82, 2.24) is 9.88 Å². The van der Waals surface area contributed by atoms with Gasteiger partial charge in [-0.25, -0.2) is 0 Å². The van der Waals surface area contributed by atoms with Crippen molar-refractivity contribution in [1.29, 1.82) is 0 Å². The van der Waals surface area contributed by atoms with Gasteiger partial charge in [-0.2, -0.15) is 0 Å². The number of hydrogen-bond donors (Lipinski definition) is 1. The van der Waals surface area contributed by atoms with Crippen LogP contribution < -0.4 is 0 Å². The molecule has 5 heteroatoms. The average molecular weight is 429 g/mol. The molecule has 2 aromatic carbocycles. The third kappa shape index (κ3) is 3.61. The van der Waals surface area contributed by atoms with E-state index >= 15 is 0 Å². The van der Waals surface area contributed by atoms with E-state index in [0.717, 1.165) is 47.5 Å². The number of fused-ring (bicyclic) bond motifs is 3. The van der Waals surface area contributed by atoms with Crippen molar-refractivity contribution in [2.45, 2.75) is 36.9 Å². The van der Waals surface area contributed by atoms with E-state index in [1.165, 1.54) is 12.8 Å². The van der Waals surface area contributed by atoms with Gasteiger partial charge in [-0.15, -0.1) is 0 Å². The summed E-state index contributed by atoms with van der Waals surface area (Å²) in [5.41, 5.74) is 3.25. The number of carbonyl (C=O) groups excluding carboxylic acids is 1. The number of nitrogens with zero attached hydrogens (tertiary/aromatic N) is 2. The summed E-state index contributed by atoms with van der Waals surface area (Å²) < 4.78 is 5.69. The summed E-state index contributed by atoms with van der Waals surface area (Å²) >= 11 is 0. The molecule has 32 heavy (non-hydrogen) atoms. The van der Waals surface area contributed by atoms with E-state index in [1.54, 1.807) is 6.20 Å². The molecular weight excluding hydrogens is 400 g/mol. The second-order valence-electron chi connectivity index (χ2n) is 8.81. The van der Waals surface area contributed by atoms with Crippen LogP contribution in [0.4, 0.5) is 0 Å². The summed E-state index contributed by atoms with van der Waals surface area (Å²) in [6.07, 6.45) is 5.85. The van der Waals surface area contributed by atoms with Crippen molar-refractivity contribution in [2.75, 3.05) is 19.6 Å². The highest BCUT2D eigenvalue weighted by Gasteiger charge is 2.49. The largest absolute Gasteiger partial charge is 0.461 e. The third-order valence-corrected chi connectivity index (χ3v) is 6.98. The Morgan fingerprint density at radius 2 is 1.66 bits per heavy atom. The SMILES string of the molecule is O=COC(C[C@@H](CN1CCCC1)c1cccnc1)C1(O)c2ccccc2-c2ccccc21. The van der Waals surface area contributed by atoms with Gasteiger partial charge in [0, 0.05) is 24.9 Å². The number of aromatic nitrogens is 1. The van der Waals surface area contributed by atoms with Crippen LogP contribution in [0.5, 0.6) is 0 Å². The van der Waals surface area contributed by atoms with Gasteiger partial charge >= 0.3 is 0 Å².